The highest BCUT2D eigenvalue weighted by atomic mass is 35.5. The molecule has 1 aliphatic heterocycles. The fourth-order valence-electron chi connectivity index (χ4n) is 4.12. The zero-order valence-electron chi connectivity index (χ0n) is 15.7. The Labute approximate surface area is 165 Å². The molecule has 1 aliphatic carbocycles. The first-order chi connectivity index (χ1) is 13.2. The quantitative estimate of drug-likeness (QED) is 0.847. The van der Waals surface area contributed by atoms with Crippen LogP contribution in [0.5, 0.6) is 0 Å². The van der Waals surface area contributed by atoms with Crippen LogP contribution in [0.1, 0.15) is 61.9 Å². The summed E-state index contributed by atoms with van der Waals surface area (Å²) in [6, 6.07) is 7.98. The molecule has 1 saturated carbocycles. The van der Waals surface area contributed by atoms with E-state index in [1.807, 2.05) is 35.1 Å². The highest BCUT2D eigenvalue weighted by Gasteiger charge is 2.23. The standard InChI is InChI=1S/C21H27ClN4O/c22-18-12-6-5-11-17(18)20-24-19(15-26(20)25-13-7-2-8-14-25)21(27)23-16-9-3-1-4-10-16/h5-6,11-12,15-16H,1-4,7-10,13-14H2,(H,23,27). The molecule has 4 rings (SSSR count). The molecule has 0 spiro atoms. The molecule has 2 fully saturated rings. The molecule has 1 saturated heterocycles. The molecule has 6 heteroatoms. The van der Waals surface area contributed by atoms with Crippen LogP contribution in [-0.4, -0.2) is 34.7 Å². The van der Waals surface area contributed by atoms with Gasteiger partial charge in [-0.1, -0.05) is 43.0 Å². The van der Waals surface area contributed by atoms with Crippen LogP contribution in [-0.2, 0) is 0 Å². The molecule has 144 valence electrons. The van der Waals surface area contributed by atoms with Gasteiger partial charge in [0.25, 0.3) is 5.91 Å². The van der Waals surface area contributed by atoms with E-state index in [1.165, 1.54) is 25.7 Å². The molecule has 1 aromatic heterocycles. The van der Waals surface area contributed by atoms with E-state index in [2.05, 4.69) is 10.3 Å². The molecule has 0 radical (unpaired) electrons. The molecule has 2 aromatic rings. The monoisotopic (exact) mass is 386 g/mol. The third kappa shape index (κ3) is 4.13. The highest BCUT2D eigenvalue weighted by molar-refractivity contribution is 6.33. The predicted octanol–water partition coefficient (Wildman–Crippen LogP) is 4.39. The molecular formula is C21H27ClN4O. The number of carbonyl (C=O) groups excluding carboxylic acids is 1. The number of halogens is 1. The Morgan fingerprint density at radius 1 is 1.04 bits per heavy atom. The number of rotatable bonds is 4. The first-order valence-corrected chi connectivity index (χ1v) is 10.5. The van der Waals surface area contributed by atoms with Crippen LogP contribution >= 0.6 is 11.6 Å². The molecule has 2 aliphatic rings. The zero-order chi connectivity index (χ0) is 18.6. The Hall–Kier alpha value is -2.01. The van der Waals surface area contributed by atoms with Crippen molar-refractivity contribution in [3.8, 4) is 11.4 Å². The van der Waals surface area contributed by atoms with E-state index in [0.717, 1.165) is 50.2 Å². The van der Waals surface area contributed by atoms with Gasteiger partial charge in [0.05, 0.1) is 11.2 Å². The lowest BCUT2D eigenvalue weighted by molar-refractivity contribution is 0.0923. The SMILES string of the molecule is O=C(NC1CCCCC1)c1cn(N2CCCCC2)c(-c2ccccc2Cl)n1. The van der Waals surface area contributed by atoms with Crippen molar-refractivity contribution in [2.75, 3.05) is 18.1 Å². The van der Waals surface area contributed by atoms with E-state index < -0.39 is 0 Å². The van der Waals surface area contributed by atoms with Gasteiger partial charge < -0.3 is 10.3 Å². The van der Waals surface area contributed by atoms with Gasteiger partial charge in [0.1, 0.15) is 5.69 Å². The highest BCUT2D eigenvalue weighted by Crippen LogP contribution is 2.28. The van der Waals surface area contributed by atoms with Gasteiger partial charge in [-0.05, 0) is 44.2 Å². The van der Waals surface area contributed by atoms with Crippen molar-refractivity contribution < 1.29 is 4.79 Å². The molecule has 1 amide bonds. The minimum Gasteiger partial charge on any atom is -0.348 e. The van der Waals surface area contributed by atoms with Crippen LogP contribution in [0.3, 0.4) is 0 Å². The number of amides is 1. The van der Waals surface area contributed by atoms with Crippen molar-refractivity contribution in [3.63, 3.8) is 0 Å². The van der Waals surface area contributed by atoms with E-state index in [1.54, 1.807) is 0 Å². The second-order valence-electron chi connectivity index (χ2n) is 7.60. The molecule has 5 nitrogen and oxygen atoms in total. The molecule has 0 unspecified atom stereocenters. The maximum atomic E-state index is 12.8. The lowest BCUT2D eigenvalue weighted by Gasteiger charge is -2.30. The third-order valence-corrected chi connectivity index (χ3v) is 5.94. The number of imidazole rings is 1. The van der Waals surface area contributed by atoms with Crippen molar-refractivity contribution in [2.45, 2.75) is 57.4 Å². The van der Waals surface area contributed by atoms with Gasteiger partial charge in [-0.25, -0.2) is 9.66 Å². The topological polar surface area (TPSA) is 50.2 Å². The average molecular weight is 387 g/mol. The molecule has 1 N–H and O–H groups in total. The smallest absolute Gasteiger partial charge is 0.271 e. The van der Waals surface area contributed by atoms with E-state index in [9.17, 15) is 4.79 Å². The number of benzene rings is 1. The van der Waals surface area contributed by atoms with Gasteiger partial charge in [-0.3, -0.25) is 4.79 Å². The van der Waals surface area contributed by atoms with Crippen LogP contribution in [0.25, 0.3) is 11.4 Å². The largest absolute Gasteiger partial charge is 0.348 e. The van der Waals surface area contributed by atoms with Gasteiger partial charge in [0.2, 0.25) is 0 Å². The Morgan fingerprint density at radius 3 is 2.48 bits per heavy atom. The maximum absolute atomic E-state index is 12.8. The fourth-order valence-corrected chi connectivity index (χ4v) is 4.34. The van der Waals surface area contributed by atoms with Gasteiger partial charge >= 0.3 is 0 Å². The Morgan fingerprint density at radius 2 is 1.74 bits per heavy atom. The van der Waals surface area contributed by atoms with Gasteiger partial charge in [-0.15, -0.1) is 0 Å². The van der Waals surface area contributed by atoms with Crippen LogP contribution in [0.4, 0.5) is 0 Å². The molecule has 0 bridgehead atoms. The summed E-state index contributed by atoms with van der Waals surface area (Å²) < 4.78 is 2.04. The van der Waals surface area contributed by atoms with Gasteiger partial charge in [0, 0.05) is 24.7 Å². The summed E-state index contributed by atoms with van der Waals surface area (Å²) in [6.07, 6.45) is 11.2. The summed E-state index contributed by atoms with van der Waals surface area (Å²) >= 11 is 6.44. The lowest BCUT2D eigenvalue weighted by Crippen LogP contribution is -2.39. The molecule has 2 heterocycles. The van der Waals surface area contributed by atoms with Crippen LogP contribution < -0.4 is 10.3 Å². The zero-order valence-corrected chi connectivity index (χ0v) is 16.4. The third-order valence-electron chi connectivity index (χ3n) is 5.61. The van der Waals surface area contributed by atoms with Crippen LogP contribution in [0, 0.1) is 0 Å². The Balaban J connectivity index is 1.64. The molecular weight excluding hydrogens is 360 g/mol. The average Bonchev–Trinajstić information content (AvgIpc) is 3.15. The van der Waals surface area contributed by atoms with Gasteiger partial charge in [0.15, 0.2) is 5.82 Å². The minimum atomic E-state index is -0.0778. The number of hydrogen-bond donors (Lipinski definition) is 1. The predicted molar refractivity (Wildman–Crippen MR) is 109 cm³/mol. The van der Waals surface area contributed by atoms with E-state index in [-0.39, 0.29) is 11.9 Å². The first-order valence-electron chi connectivity index (χ1n) is 10.1. The first kappa shape index (κ1) is 18.4. The Kier molecular flexibility index (Phi) is 5.67. The second-order valence-corrected chi connectivity index (χ2v) is 8.00. The van der Waals surface area contributed by atoms with Crippen molar-refractivity contribution in [1.82, 2.24) is 15.0 Å². The van der Waals surface area contributed by atoms with Crippen LogP contribution in [0.2, 0.25) is 5.02 Å². The maximum Gasteiger partial charge on any atom is 0.271 e. The van der Waals surface area contributed by atoms with Crippen molar-refractivity contribution >= 4 is 17.5 Å². The van der Waals surface area contributed by atoms with Crippen molar-refractivity contribution in [3.05, 3.63) is 41.2 Å². The van der Waals surface area contributed by atoms with Crippen molar-refractivity contribution in [2.24, 2.45) is 0 Å². The number of carbonyl (C=O) groups is 1. The Bertz CT molecular complexity index is 791. The summed E-state index contributed by atoms with van der Waals surface area (Å²) in [4.78, 5) is 17.5. The number of piperidine rings is 1. The van der Waals surface area contributed by atoms with E-state index in [0.29, 0.717) is 10.7 Å². The molecule has 27 heavy (non-hydrogen) atoms. The summed E-state index contributed by atoms with van der Waals surface area (Å²) in [5, 5.41) is 6.10. The van der Waals surface area contributed by atoms with E-state index >= 15 is 0 Å². The number of nitrogens with one attached hydrogen (secondary N) is 1. The molecule has 1 aromatic carbocycles. The summed E-state index contributed by atoms with van der Waals surface area (Å²) in [7, 11) is 0. The van der Waals surface area contributed by atoms with E-state index in [4.69, 9.17) is 16.6 Å². The summed E-state index contributed by atoms with van der Waals surface area (Å²) in [6.45, 7) is 1.94. The fraction of sp³-hybridized carbons (Fsp3) is 0.524. The van der Waals surface area contributed by atoms with Gasteiger partial charge in [-0.2, -0.15) is 0 Å². The van der Waals surface area contributed by atoms with Crippen LogP contribution in [0.15, 0.2) is 30.5 Å². The second kappa shape index (κ2) is 8.34. The normalized spacial score (nSPS) is 18.5. The lowest BCUT2D eigenvalue weighted by atomic mass is 9.95. The van der Waals surface area contributed by atoms with Crippen molar-refractivity contribution in [1.29, 1.82) is 0 Å². The summed E-state index contributed by atoms with van der Waals surface area (Å²) in [5.74, 6) is 0.669. The number of hydrogen-bond acceptors (Lipinski definition) is 3. The number of nitrogens with zero attached hydrogens (tertiary/aromatic N) is 3. The minimum absolute atomic E-state index is 0.0778. The summed E-state index contributed by atoms with van der Waals surface area (Å²) in [5.41, 5.74) is 1.34. The number of aromatic nitrogens is 2. The molecule has 0 atom stereocenters.